The molecule has 1 N–H and O–H groups in total. The molecule has 1 amide bonds. The second-order valence-corrected chi connectivity index (χ2v) is 8.03. The quantitative estimate of drug-likeness (QED) is 0.550. The van der Waals surface area contributed by atoms with Crippen LogP contribution in [0.25, 0.3) is 0 Å². The van der Waals surface area contributed by atoms with Crippen LogP contribution in [0.3, 0.4) is 0 Å². The second-order valence-electron chi connectivity index (χ2n) is 5.01. The van der Waals surface area contributed by atoms with Gasteiger partial charge in [-0.15, -0.1) is 0 Å². The summed E-state index contributed by atoms with van der Waals surface area (Å²) in [4.78, 5) is 17.2. The number of hydrogen-bond donors (Lipinski definition) is 1. The van der Waals surface area contributed by atoms with Gasteiger partial charge in [-0.3, -0.25) is 9.63 Å². The van der Waals surface area contributed by atoms with Crippen molar-refractivity contribution in [2.45, 2.75) is 11.8 Å². The number of hydroxylamine groups is 1. The zero-order valence-electron chi connectivity index (χ0n) is 13.4. The fourth-order valence-corrected chi connectivity index (χ4v) is 3.56. The number of amides is 1. The lowest BCUT2D eigenvalue weighted by Crippen LogP contribution is -2.25. The summed E-state index contributed by atoms with van der Waals surface area (Å²) in [7, 11) is -1.12. The smallest absolute Gasteiger partial charge is 0.264 e. The number of aryl methyl sites for hydroxylation is 1. The number of carbonyl (C=O) groups is 1. The monoisotopic (exact) mass is 460 g/mol. The number of sulfonamides is 1. The van der Waals surface area contributed by atoms with Gasteiger partial charge in [0.1, 0.15) is 0 Å². The molecular weight excluding hydrogens is 443 g/mol. The van der Waals surface area contributed by atoms with Gasteiger partial charge in [0.15, 0.2) is 0 Å². The van der Waals surface area contributed by atoms with E-state index in [-0.39, 0.29) is 10.8 Å². The van der Waals surface area contributed by atoms with Gasteiger partial charge >= 0.3 is 0 Å². The van der Waals surface area contributed by atoms with E-state index in [4.69, 9.17) is 4.84 Å². The van der Waals surface area contributed by atoms with Crippen LogP contribution >= 0.6 is 22.6 Å². The zero-order valence-corrected chi connectivity index (χ0v) is 16.4. The Kier molecular flexibility index (Phi) is 5.97. The Morgan fingerprint density at radius 2 is 1.79 bits per heavy atom. The number of halogens is 1. The first-order chi connectivity index (χ1) is 11.3. The number of benzene rings is 2. The predicted octanol–water partition coefficient (Wildman–Crippen LogP) is 3.03. The molecule has 24 heavy (non-hydrogen) atoms. The lowest BCUT2D eigenvalue weighted by Gasteiger charge is -2.14. The summed E-state index contributed by atoms with van der Waals surface area (Å²) in [5.74, 6) is -0.243. The molecule has 0 aliphatic rings. The van der Waals surface area contributed by atoms with E-state index < -0.39 is 10.0 Å². The molecule has 0 bridgehead atoms. The first kappa shape index (κ1) is 18.8. The van der Waals surface area contributed by atoms with Crippen LogP contribution in [0.5, 0.6) is 0 Å². The molecule has 0 unspecified atom stereocenters. The Labute approximate surface area is 155 Å². The average molecular weight is 460 g/mol. The zero-order chi connectivity index (χ0) is 17.9. The Balaban J connectivity index is 2.20. The van der Waals surface area contributed by atoms with Crippen LogP contribution in [0.1, 0.15) is 15.9 Å². The lowest BCUT2D eigenvalue weighted by molar-refractivity contribution is -0.0258. The third kappa shape index (κ3) is 3.94. The maximum Gasteiger partial charge on any atom is 0.264 e. The molecule has 0 radical (unpaired) electrons. The Hall–Kier alpha value is -1.49. The predicted molar refractivity (Wildman–Crippen MR) is 100 cm³/mol. The molecule has 2 aromatic rings. The third-order valence-corrected chi connectivity index (χ3v) is 6.57. The van der Waals surface area contributed by atoms with E-state index in [0.717, 1.165) is 13.6 Å². The van der Waals surface area contributed by atoms with Crippen LogP contribution in [-0.4, -0.2) is 33.0 Å². The number of carbonyl (C=O) groups excluding carboxylic acids is 1. The van der Waals surface area contributed by atoms with Crippen molar-refractivity contribution in [3.8, 4) is 0 Å². The van der Waals surface area contributed by atoms with Gasteiger partial charge in [0.05, 0.1) is 17.6 Å². The van der Waals surface area contributed by atoms with E-state index >= 15 is 0 Å². The normalized spacial score (nSPS) is 11.5. The van der Waals surface area contributed by atoms with Crippen molar-refractivity contribution in [1.29, 1.82) is 0 Å². The van der Waals surface area contributed by atoms with Gasteiger partial charge in [-0.2, -0.15) is 0 Å². The summed E-state index contributed by atoms with van der Waals surface area (Å²) >= 11 is 2.13. The van der Waals surface area contributed by atoms with Crippen molar-refractivity contribution < 1.29 is 18.0 Å². The maximum atomic E-state index is 12.4. The van der Waals surface area contributed by atoms with Crippen LogP contribution < -0.4 is 5.32 Å². The van der Waals surface area contributed by atoms with Crippen LogP contribution in [0.4, 0.5) is 5.69 Å². The number of hydrogen-bond acceptors (Lipinski definition) is 4. The maximum absolute atomic E-state index is 12.4. The molecule has 2 aromatic carbocycles. The van der Waals surface area contributed by atoms with Gasteiger partial charge in [-0.05, 0) is 65.4 Å². The van der Waals surface area contributed by atoms with Gasteiger partial charge in [0.25, 0.3) is 15.9 Å². The fraction of sp³-hybridized carbons (Fsp3) is 0.188. The van der Waals surface area contributed by atoms with E-state index in [1.807, 2.05) is 19.1 Å². The minimum atomic E-state index is -3.70. The molecule has 0 spiro atoms. The van der Waals surface area contributed by atoms with E-state index in [1.54, 1.807) is 6.07 Å². The molecule has 0 saturated carbocycles. The molecule has 6 nitrogen and oxygen atoms in total. The number of nitrogens with one attached hydrogen (secondary N) is 1. The van der Waals surface area contributed by atoms with Crippen molar-refractivity contribution in [1.82, 2.24) is 4.47 Å². The van der Waals surface area contributed by atoms with Gasteiger partial charge in [0, 0.05) is 16.3 Å². The number of anilines is 1. The van der Waals surface area contributed by atoms with Crippen LogP contribution in [-0.2, 0) is 14.9 Å². The van der Waals surface area contributed by atoms with Crippen molar-refractivity contribution in [2.75, 3.05) is 19.5 Å². The Bertz CT molecular complexity index is 851. The largest absolute Gasteiger partial charge is 0.322 e. The highest BCUT2D eigenvalue weighted by atomic mass is 127. The number of nitrogens with zero attached hydrogens (tertiary/aromatic N) is 1. The van der Waals surface area contributed by atoms with Gasteiger partial charge in [0.2, 0.25) is 0 Å². The van der Waals surface area contributed by atoms with Crippen molar-refractivity contribution >= 4 is 44.2 Å². The van der Waals surface area contributed by atoms with Gasteiger partial charge in [-0.25, -0.2) is 8.42 Å². The standard InChI is InChI=1S/C16H17IN2O4S/c1-11-5-4-6-14(15(11)17)16(20)18-12-7-9-13(10-8-12)24(21,22)19(2)23-3/h4-10H,1-3H3,(H,18,20). The molecule has 0 saturated heterocycles. The summed E-state index contributed by atoms with van der Waals surface area (Å²) in [6, 6.07) is 11.4. The molecule has 0 aliphatic heterocycles. The molecule has 0 aromatic heterocycles. The highest BCUT2D eigenvalue weighted by Gasteiger charge is 2.20. The lowest BCUT2D eigenvalue weighted by atomic mass is 10.1. The summed E-state index contributed by atoms with van der Waals surface area (Å²) in [6.45, 7) is 1.94. The van der Waals surface area contributed by atoms with E-state index in [1.165, 1.54) is 38.4 Å². The summed E-state index contributed by atoms with van der Waals surface area (Å²) in [5.41, 5.74) is 2.11. The van der Waals surface area contributed by atoms with Crippen LogP contribution in [0, 0.1) is 10.5 Å². The average Bonchev–Trinajstić information content (AvgIpc) is 2.56. The molecule has 0 heterocycles. The van der Waals surface area contributed by atoms with E-state index in [9.17, 15) is 13.2 Å². The fourth-order valence-electron chi connectivity index (χ4n) is 1.98. The van der Waals surface area contributed by atoms with Crippen LogP contribution in [0.2, 0.25) is 0 Å². The highest BCUT2D eigenvalue weighted by molar-refractivity contribution is 14.1. The summed E-state index contributed by atoms with van der Waals surface area (Å²) in [5, 5.41) is 2.76. The second kappa shape index (κ2) is 7.60. The van der Waals surface area contributed by atoms with Crippen molar-refractivity contribution in [3.63, 3.8) is 0 Å². The molecule has 2 rings (SSSR count). The minimum Gasteiger partial charge on any atom is -0.322 e. The van der Waals surface area contributed by atoms with E-state index in [0.29, 0.717) is 11.3 Å². The summed E-state index contributed by atoms with van der Waals surface area (Å²) < 4.78 is 25.9. The SMILES string of the molecule is CON(C)S(=O)(=O)c1ccc(NC(=O)c2cccc(C)c2I)cc1. The first-order valence-corrected chi connectivity index (χ1v) is 9.49. The van der Waals surface area contributed by atoms with Crippen molar-refractivity contribution in [3.05, 3.63) is 57.2 Å². The van der Waals surface area contributed by atoms with Crippen LogP contribution in [0.15, 0.2) is 47.4 Å². The summed E-state index contributed by atoms with van der Waals surface area (Å²) in [6.07, 6.45) is 0. The molecule has 0 atom stereocenters. The first-order valence-electron chi connectivity index (χ1n) is 6.97. The van der Waals surface area contributed by atoms with Gasteiger partial charge in [-0.1, -0.05) is 16.6 Å². The molecular formula is C16H17IN2O4S. The molecule has 0 aliphatic carbocycles. The Morgan fingerprint density at radius 1 is 1.17 bits per heavy atom. The van der Waals surface area contributed by atoms with Gasteiger partial charge < -0.3 is 5.32 Å². The molecule has 128 valence electrons. The van der Waals surface area contributed by atoms with E-state index in [2.05, 4.69) is 27.9 Å². The molecule has 8 heteroatoms. The molecule has 0 fully saturated rings. The number of rotatable bonds is 5. The Morgan fingerprint density at radius 3 is 2.38 bits per heavy atom. The van der Waals surface area contributed by atoms with Crippen molar-refractivity contribution in [2.24, 2.45) is 0 Å². The minimum absolute atomic E-state index is 0.0787. The topological polar surface area (TPSA) is 75.7 Å². The highest BCUT2D eigenvalue weighted by Crippen LogP contribution is 2.20. The third-order valence-electron chi connectivity index (χ3n) is 3.44.